The molecule has 0 aromatic heterocycles. The van der Waals surface area contributed by atoms with E-state index >= 15 is 0 Å². The third-order valence-corrected chi connectivity index (χ3v) is 5.15. The van der Waals surface area contributed by atoms with E-state index in [4.69, 9.17) is 0 Å². The highest BCUT2D eigenvalue weighted by atomic mass is 35.5. The Morgan fingerprint density at radius 2 is 1.79 bits per heavy atom. The molecule has 2 saturated carbocycles. The van der Waals surface area contributed by atoms with Gasteiger partial charge < -0.3 is 10.4 Å². The van der Waals surface area contributed by atoms with E-state index in [9.17, 15) is 5.11 Å². The Morgan fingerprint density at radius 3 is 2.14 bits per heavy atom. The molecule has 0 spiro atoms. The zero-order valence-corrected chi connectivity index (χ0v) is 10.3. The van der Waals surface area contributed by atoms with E-state index in [1.165, 1.54) is 6.42 Å². The lowest BCUT2D eigenvalue weighted by Crippen LogP contribution is -2.59. The first-order valence-electron chi connectivity index (χ1n) is 5.30. The summed E-state index contributed by atoms with van der Waals surface area (Å²) in [5.41, 5.74) is 0.445. The van der Waals surface area contributed by atoms with E-state index in [1.807, 2.05) is 7.05 Å². The number of aliphatic hydroxyl groups excluding tert-OH is 1. The largest absolute Gasteiger partial charge is 0.393 e. The molecular weight excluding hydrogens is 198 g/mol. The van der Waals surface area contributed by atoms with Crippen LogP contribution in [0.1, 0.15) is 33.6 Å². The Balaban J connectivity index is 0.000000980. The van der Waals surface area contributed by atoms with Crippen molar-refractivity contribution in [1.82, 2.24) is 5.32 Å². The summed E-state index contributed by atoms with van der Waals surface area (Å²) in [4.78, 5) is 0. The summed E-state index contributed by atoms with van der Waals surface area (Å²) in [5.74, 6) is 1.16. The standard InChI is InChI=1S/C11H21NO.ClH/c1-10(2)7-5-8(9(13)6-7)11(10,3)12-4;/h7-9,12-13H,5-6H2,1-4H3;1H. The van der Waals surface area contributed by atoms with Crippen LogP contribution in [-0.2, 0) is 0 Å². The number of fused-ring (bicyclic) bond motifs is 2. The lowest BCUT2D eigenvalue weighted by atomic mass is 9.63. The van der Waals surface area contributed by atoms with Gasteiger partial charge in [-0.3, -0.25) is 0 Å². The van der Waals surface area contributed by atoms with E-state index in [1.54, 1.807) is 0 Å². The minimum Gasteiger partial charge on any atom is -0.393 e. The van der Waals surface area contributed by atoms with Gasteiger partial charge in [-0.1, -0.05) is 13.8 Å². The fourth-order valence-corrected chi connectivity index (χ4v) is 3.63. The maximum absolute atomic E-state index is 9.88. The molecule has 0 aliphatic heterocycles. The fraction of sp³-hybridized carbons (Fsp3) is 1.00. The normalized spacial score (nSPS) is 49.1. The van der Waals surface area contributed by atoms with Gasteiger partial charge in [0.15, 0.2) is 0 Å². The van der Waals surface area contributed by atoms with Gasteiger partial charge in [0.1, 0.15) is 0 Å². The van der Waals surface area contributed by atoms with Crippen LogP contribution in [-0.4, -0.2) is 23.8 Å². The zero-order valence-electron chi connectivity index (χ0n) is 9.50. The van der Waals surface area contributed by atoms with Gasteiger partial charge in [-0.15, -0.1) is 12.4 Å². The highest BCUT2D eigenvalue weighted by Gasteiger charge is 2.62. The molecule has 14 heavy (non-hydrogen) atoms. The highest BCUT2D eigenvalue weighted by molar-refractivity contribution is 5.85. The summed E-state index contributed by atoms with van der Waals surface area (Å²) in [7, 11) is 2.02. The van der Waals surface area contributed by atoms with Gasteiger partial charge in [0, 0.05) is 11.5 Å². The van der Waals surface area contributed by atoms with Crippen molar-refractivity contribution in [3.05, 3.63) is 0 Å². The minimum absolute atomic E-state index is 0. The summed E-state index contributed by atoms with van der Waals surface area (Å²) in [6, 6.07) is 0. The van der Waals surface area contributed by atoms with Crippen molar-refractivity contribution in [2.45, 2.75) is 45.3 Å². The van der Waals surface area contributed by atoms with Crippen LogP contribution in [0.15, 0.2) is 0 Å². The minimum atomic E-state index is -0.0736. The lowest BCUT2D eigenvalue weighted by Gasteiger charge is -2.49. The van der Waals surface area contributed by atoms with Gasteiger partial charge in [-0.2, -0.15) is 0 Å². The molecule has 0 radical (unpaired) electrons. The lowest BCUT2D eigenvalue weighted by molar-refractivity contribution is -0.0120. The van der Waals surface area contributed by atoms with E-state index in [0.29, 0.717) is 17.3 Å². The second-order valence-corrected chi connectivity index (χ2v) is 5.52. The van der Waals surface area contributed by atoms with Crippen molar-refractivity contribution in [3.63, 3.8) is 0 Å². The summed E-state index contributed by atoms with van der Waals surface area (Å²) < 4.78 is 0. The van der Waals surface area contributed by atoms with Crippen LogP contribution in [0.2, 0.25) is 0 Å². The van der Waals surface area contributed by atoms with E-state index in [2.05, 4.69) is 26.1 Å². The molecule has 2 aliphatic carbocycles. The summed E-state index contributed by atoms with van der Waals surface area (Å²) in [5, 5.41) is 13.3. The smallest absolute Gasteiger partial charge is 0.0589 e. The van der Waals surface area contributed by atoms with Crippen molar-refractivity contribution < 1.29 is 5.11 Å². The molecule has 2 rings (SSSR count). The summed E-state index contributed by atoms with van der Waals surface area (Å²) in [6.07, 6.45) is 2.14. The average Bonchev–Trinajstić information content (AvgIpc) is 2.52. The van der Waals surface area contributed by atoms with E-state index in [-0.39, 0.29) is 24.0 Å². The second-order valence-electron chi connectivity index (χ2n) is 5.52. The van der Waals surface area contributed by atoms with Gasteiger partial charge in [-0.25, -0.2) is 0 Å². The first-order chi connectivity index (χ1) is 5.93. The molecule has 2 nitrogen and oxygen atoms in total. The topological polar surface area (TPSA) is 32.3 Å². The number of nitrogens with one attached hydrogen (secondary N) is 1. The summed E-state index contributed by atoms with van der Waals surface area (Å²) >= 11 is 0. The molecule has 2 aliphatic rings. The Morgan fingerprint density at radius 1 is 1.21 bits per heavy atom. The number of aliphatic hydroxyl groups is 1. The molecular formula is C11H22ClNO. The molecule has 2 bridgehead atoms. The molecule has 0 aromatic rings. The third kappa shape index (κ3) is 1.17. The zero-order chi connectivity index (χ0) is 9.85. The Bertz CT molecular complexity index is 231. The number of rotatable bonds is 1. The predicted molar refractivity (Wildman–Crippen MR) is 60.7 cm³/mol. The Labute approximate surface area is 92.9 Å². The Hall–Kier alpha value is 0.210. The first-order valence-corrected chi connectivity index (χ1v) is 5.30. The molecule has 3 heteroatoms. The average molecular weight is 220 g/mol. The van der Waals surface area contributed by atoms with E-state index < -0.39 is 0 Å². The molecule has 2 fully saturated rings. The molecule has 0 heterocycles. The molecule has 0 amide bonds. The molecule has 0 saturated heterocycles. The SMILES string of the molecule is CNC1(C)C2CC(CC2O)C1(C)C.Cl. The first kappa shape index (κ1) is 12.3. The monoisotopic (exact) mass is 219 g/mol. The van der Waals surface area contributed by atoms with Crippen molar-refractivity contribution in [2.24, 2.45) is 17.3 Å². The molecule has 4 atom stereocenters. The number of hydrogen-bond donors (Lipinski definition) is 2. The van der Waals surface area contributed by atoms with E-state index in [0.717, 1.165) is 6.42 Å². The molecule has 0 aromatic carbocycles. The predicted octanol–water partition coefficient (Wildman–Crippen LogP) is 1.81. The van der Waals surface area contributed by atoms with Crippen LogP contribution < -0.4 is 5.32 Å². The summed E-state index contributed by atoms with van der Waals surface area (Å²) in [6.45, 7) is 6.93. The van der Waals surface area contributed by atoms with Crippen LogP contribution >= 0.6 is 12.4 Å². The molecule has 4 unspecified atom stereocenters. The van der Waals surface area contributed by atoms with Gasteiger partial charge in [0.05, 0.1) is 6.10 Å². The van der Waals surface area contributed by atoms with Gasteiger partial charge >= 0.3 is 0 Å². The molecule has 84 valence electrons. The van der Waals surface area contributed by atoms with Crippen LogP contribution in [0, 0.1) is 17.3 Å². The van der Waals surface area contributed by atoms with Crippen molar-refractivity contribution in [1.29, 1.82) is 0 Å². The highest BCUT2D eigenvalue weighted by Crippen LogP contribution is 2.60. The van der Waals surface area contributed by atoms with Gasteiger partial charge in [-0.05, 0) is 38.1 Å². The van der Waals surface area contributed by atoms with Gasteiger partial charge in [0.25, 0.3) is 0 Å². The number of halogens is 1. The van der Waals surface area contributed by atoms with Crippen LogP contribution in [0.4, 0.5) is 0 Å². The Kier molecular flexibility index (Phi) is 2.95. The van der Waals surface area contributed by atoms with Crippen molar-refractivity contribution >= 4 is 12.4 Å². The van der Waals surface area contributed by atoms with Crippen LogP contribution in [0.3, 0.4) is 0 Å². The molecule has 2 N–H and O–H groups in total. The van der Waals surface area contributed by atoms with Crippen LogP contribution in [0.25, 0.3) is 0 Å². The van der Waals surface area contributed by atoms with Crippen molar-refractivity contribution in [3.8, 4) is 0 Å². The fourth-order valence-electron chi connectivity index (χ4n) is 3.63. The number of hydrogen-bond acceptors (Lipinski definition) is 2. The quantitative estimate of drug-likeness (QED) is 0.705. The van der Waals surface area contributed by atoms with Crippen LogP contribution in [0.5, 0.6) is 0 Å². The second kappa shape index (κ2) is 3.36. The third-order valence-electron chi connectivity index (χ3n) is 5.15. The van der Waals surface area contributed by atoms with Crippen molar-refractivity contribution in [2.75, 3.05) is 7.05 Å². The maximum atomic E-state index is 9.88. The van der Waals surface area contributed by atoms with Gasteiger partial charge in [0.2, 0.25) is 0 Å². The maximum Gasteiger partial charge on any atom is 0.0589 e.